The molecule has 0 saturated heterocycles. The van der Waals surface area contributed by atoms with Crippen molar-refractivity contribution in [1.29, 1.82) is 0 Å². The van der Waals surface area contributed by atoms with Crippen molar-refractivity contribution in [3.05, 3.63) is 0 Å². The molecule has 0 aromatic heterocycles. The van der Waals surface area contributed by atoms with E-state index in [9.17, 15) is 4.79 Å². The number of nitrogens with zero attached hydrogens (tertiary/aromatic N) is 1. The van der Waals surface area contributed by atoms with Crippen molar-refractivity contribution in [1.82, 2.24) is 4.90 Å². The van der Waals surface area contributed by atoms with Crippen molar-refractivity contribution < 1.29 is 9.90 Å². The second kappa shape index (κ2) is 4.28. The molecule has 0 bridgehead atoms. The van der Waals surface area contributed by atoms with Crippen LogP contribution < -0.4 is 0 Å². The Morgan fingerprint density at radius 3 is 2.40 bits per heavy atom. The van der Waals surface area contributed by atoms with Crippen molar-refractivity contribution >= 4 is 5.91 Å². The summed E-state index contributed by atoms with van der Waals surface area (Å²) in [6, 6.07) is 0. The van der Waals surface area contributed by atoms with Crippen LogP contribution >= 0.6 is 0 Å². The molecular formula is C7H15NO2. The third-order valence-electron chi connectivity index (χ3n) is 1.27. The monoisotopic (exact) mass is 145 g/mol. The number of aliphatic hydroxyl groups excluding tert-OH is 1. The first-order valence-corrected chi connectivity index (χ1v) is 3.42. The average molecular weight is 145 g/mol. The topological polar surface area (TPSA) is 40.5 Å². The number of hydrogen-bond donors (Lipinski definition) is 1. The normalized spacial score (nSPS) is 12.8. The summed E-state index contributed by atoms with van der Waals surface area (Å²) in [4.78, 5) is 12.4. The van der Waals surface area contributed by atoms with Crippen LogP contribution in [0.1, 0.15) is 19.8 Å². The maximum Gasteiger partial charge on any atom is 0.222 e. The lowest BCUT2D eigenvalue weighted by molar-refractivity contribution is -0.129. The second-order valence-electron chi connectivity index (χ2n) is 2.68. The van der Waals surface area contributed by atoms with Crippen LogP contribution in [-0.4, -0.2) is 36.1 Å². The van der Waals surface area contributed by atoms with Gasteiger partial charge >= 0.3 is 0 Å². The van der Waals surface area contributed by atoms with E-state index < -0.39 is 0 Å². The van der Waals surface area contributed by atoms with Gasteiger partial charge in [0.05, 0.1) is 6.10 Å². The standard InChI is InChI=1S/C7H15NO2/c1-6(9)4-5-7(10)8(2)3/h6,9H,4-5H2,1-3H3. The molecule has 0 aliphatic rings. The highest BCUT2D eigenvalue weighted by molar-refractivity contribution is 5.75. The van der Waals surface area contributed by atoms with Gasteiger partial charge in [0.2, 0.25) is 5.91 Å². The maximum absolute atomic E-state index is 10.9. The van der Waals surface area contributed by atoms with Crippen LogP contribution in [0.2, 0.25) is 0 Å². The van der Waals surface area contributed by atoms with Crippen LogP contribution in [0.5, 0.6) is 0 Å². The molecule has 0 spiro atoms. The van der Waals surface area contributed by atoms with Crippen molar-refractivity contribution in [2.24, 2.45) is 0 Å². The molecular weight excluding hydrogens is 130 g/mol. The van der Waals surface area contributed by atoms with Crippen molar-refractivity contribution in [3.8, 4) is 0 Å². The Hall–Kier alpha value is -0.570. The summed E-state index contributed by atoms with van der Waals surface area (Å²) in [7, 11) is 3.43. The first kappa shape index (κ1) is 9.43. The van der Waals surface area contributed by atoms with E-state index in [4.69, 9.17) is 5.11 Å². The van der Waals surface area contributed by atoms with Crippen LogP contribution in [0.15, 0.2) is 0 Å². The molecule has 10 heavy (non-hydrogen) atoms. The lowest BCUT2D eigenvalue weighted by Gasteiger charge is -2.10. The lowest BCUT2D eigenvalue weighted by Crippen LogP contribution is -2.22. The van der Waals surface area contributed by atoms with Gasteiger partial charge in [-0.3, -0.25) is 4.79 Å². The van der Waals surface area contributed by atoms with E-state index >= 15 is 0 Å². The molecule has 0 radical (unpaired) electrons. The number of hydrogen-bond acceptors (Lipinski definition) is 2. The SMILES string of the molecule is CC(O)CCC(=O)N(C)C. The summed E-state index contributed by atoms with van der Waals surface area (Å²) in [5, 5.41) is 8.81. The smallest absolute Gasteiger partial charge is 0.222 e. The van der Waals surface area contributed by atoms with Crippen LogP contribution in [-0.2, 0) is 4.79 Å². The largest absolute Gasteiger partial charge is 0.393 e. The molecule has 0 rings (SSSR count). The van der Waals surface area contributed by atoms with E-state index in [0.717, 1.165) is 0 Å². The van der Waals surface area contributed by atoms with Gasteiger partial charge in [0, 0.05) is 20.5 Å². The summed E-state index contributed by atoms with van der Waals surface area (Å²) in [6.45, 7) is 1.68. The highest BCUT2D eigenvalue weighted by Crippen LogP contribution is 1.97. The van der Waals surface area contributed by atoms with Gasteiger partial charge in [-0.15, -0.1) is 0 Å². The first-order valence-electron chi connectivity index (χ1n) is 3.42. The van der Waals surface area contributed by atoms with Gasteiger partial charge in [-0.05, 0) is 13.3 Å². The summed E-state index contributed by atoms with van der Waals surface area (Å²) in [5.41, 5.74) is 0. The minimum Gasteiger partial charge on any atom is -0.393 e. The molecule has 3 heteroatoms. The zero-order valence-corrected chi connectivity index (χ0v) is 6.79. The van der Waals surface area contributed by atoms with Gasteiger partial charge in [-0.25, -0.2) is 0 Å². The molecule has 0 aromatic carbocycles. The second-order valence-corrected chi connectivity index (χ2v) is 2.68. The third kappa shape index (κ3) is 4.32. The fraction of sp³-hybridized carbons (Fsp3) is 0.857. The van der Waals surface area contributed by atoms with Gasteiger partial charge in [-0.2, -0.15) is 0 Å². The molecule has 0 aromatic rings. The Morgan fingerprint density at radius 2 is 2.10 bits per heavy atom. The molecule has 1 amide bonds. The molecule has 0 aliphatic heterocycles. The van der Waals surface area contributed by atoms with Crippen LogP contribution in [0.25, 0.3) is 0 Å². The van der Waals surface area contributed by atoms with Crippen LogP contribution in [0.4, 0.5) is 0 Å². The zero-order chi connectivity index (χ0) is 8.15. The quantitative estimate of drug-likeness (QED) is 0.617. The van der Waals surface area contributed by atoms with Crippen molar-refractivity contribution in [2.75, 3.05) is 14.1 Å². The van der Waals surface area contributed by atoms with Gasteiger partial charge < -0.3 is 10.0 Å². The minimum absolute atomic E-state index is 0.0703. The molecule has 0 fully saturated rings. The van der Waals surface area contributed by atoms with E-state index in [1.54, 1.807) is 21.0 Å². The molecule has 60 valence electrons. The van der Waals surface area contributed by atoms with Gasteiger partial charge in [0.1, 0.15) is 0 Å². The number of amides is 1. The fourth-order valence-corrected chi connectivity index (χ4v) is 0.556. The minimum atomic E-state index is -0.371. The Morgan fingerprint density at radius 1 is 1.60 bits per heavy atom. The highest BCUT2D eigenvalue weighted by Gasteiger charge is 2.04. The van der Waals surface area contributed by atoms with E-state index in [1.165, 1.54) is 4.90 Å². The average Bonchev–Trinajstić information content (AvgIpc) is 1.82. The predicted octanol–water partition coefficient (Wildman–Crippen LogP) is 0.236. The maximum atomic E-state index is 10.9. The molecule has 0 aliphatic carbocycles. The fourth-order valence-electron chi connectivity index (χ4n) is 0.556. The Labute approximate surface area is 61.6 Å². The number of carbonyl (C=O) groups is 1. The van der Waals surface area contributed by atoms with Crippen molar-refractivity contribution in [2.45, 2.75) is 25.9 Å². The molecule has 3 nitrogen and oxygen atoms in total. The number of rotatable bonds is 3. The number of carbonyl (C=O) groups excluding carboxylic acids is 1. The lowest BCUT2D eigenvalue weighted by atomic mass is 10.2. The van der Waals surface area contributed by atoms with Crippen molar-refractivity contribution in [3.63, 3.8) is 0 Å². The molecule has 1 N–H and O–H groups in total. The van der Waals surface area contributed by atoms with E-state index in [0.29, 0.717) is 12.8 Å². The predicted molar refractivity (Wildman–Crippen MR) is 39.6 cm³/mol. The van der Waals surface area contributed by atoms with Gasteiger partial charge in [-0.1, -0.05) is 0 Å². The van der Waals surface area contributed by atoms with E-state index in [-0.39, 0.29) is 12.0 Å². The van der Waals surface area contributed by atoms with Gasteiger partial charge in [0.15, 0.2) is 0 Å². The third-order valence-corrected chi connectivity index (χ3v) is 1.27. The number of aliphatic hydroxyl groups is 1. The molecule has 1 unspecified atom stereocenters. The Kier molecular flexibility index (Phi) is 4.03. The van der Waals surface area contributed by atoms with Crippen LogP contribution in [0, 0.1) is 0 Å². The molecule has 0 saturated carbocycles. The van der Waals surface area contributed by atoms with E-state index in [2.05, 4.69) is 0 Å². The molecule has 1 atom stereocenters. The summed E-state index contributed by atoms with van der Waals surface area (Å²) in [6.07, 6.45) is 0.616. The summed E-state index contributed by atoms with van der Waals surface area (Å²) < 4.78 is 0. The summed E-state index contributed by atoms with van der Waals surface area (Å²) >= 11 is 0. The van der Waals surface area contributed by atoms with E-state index in [1.807, 2.05) is 0 Å². The Balaban J connectivity index is 3.40. The van der Waals surface area contributed by atoms with Crippen LogP contribution in [0.3, 0.4) is 0 Å². The zero-order valence-electron chi connectivity index (χ0n) is 6.79. The first-order chi connectivity index (χ1) is 4.54. The highest BCUT2D eigenvalue weighted by atomic mass is 16.3. The van der Waals surface area contributed by atoms with Gasteiger partial charge in [0.25, 0.3) is 0 Å². The summed E-state index contributed by atoms with van der Waals surface area (Å²) in [5.74, 6) is 0.0703. The molecule has 0 heterocycles. The Bertz CT molecular complexity index is 110.